The molecule has 1 aromatic rings. The standard InChI is InChI=1S/C15H13F2NO2/c16-15(17)13-7-12(19)6-11(13)9-18(14(15)20)8-10-4-2-1-3-5-10/h1-5,7,11H,6,8-9H2. The average Bonchev–Trinajstić information content (AvgIpc) is 2.79. The van der Waals surface area contributed by atoms with E-state index in [0.717, 1.165) is 16.5 Å². The minimum Gasteiger partial charge on any atom is -0.332 e. The van der Waals surface area contributed by atoms with Crippen molar-refractivity contribution < 1.29 is 18.4 Å². The molecule has 2 aliphatic rings. The van der Waals surface area contributed by atoms with E-state index in [1.54, 1.807) is 24.3 Å². The zero-order valence-electron chi connectivity index (χ0n) is 10.7. The summed E-state index contributed by atoms with van der Waals surface area (Å²) in [5.41, 5.74) is 0.491. The second kappa shape index (κ2) is 4.51. The Bertz CT molecular complexity index is 595. The van der Waals surface area contributed by atoms with Crippen molar-refractivity contribution in [1.29, 1.82) is 0 Å². The number of ketones is 1. The summed E-state index contributed by atoms with van der Waals surface area (Å²) in [6.07, 6.45) is 1.02. The molecule has 1 aromatic carbocycles. The highest BCUT2D eigenvalue weighted by molar-refractivity contribution is 5.98. The highest BCUT2D eigenvalue weighted by atomic mass is 19.3. The fourth-order valence-electron chi connectivity index (χ4n) is 2.82. The molecule has 1 atom stereocenters. The van der Waals surface area contributed by atoms with Crippen LogP contribution in [0.3, 0.4) is 0 Å². The van der Waals surface area contributed by atoms with E-state index in [4.69, 9.17) is 0 Å². The number of rotatable bonds is 2. The molecule has 20 heavy (non-hydrogen) atoms. The molecule has 0 spiro atoms. The number of nitrogens with zero attached hydrogens (tertiary/aromatic N) is 1. The van der Waals surface area contributed by atoms with Crippen molar-refractivity contribution in [3.05, 3.63) is 47.5 Å². The average molecular weight is 277 g/mol. The summed E-state index contributed by atoms with van der Waals surface area (Å²) in [4.78, 5) is 24.4. The van der Waals surface area contributed by atoms with Crippen LogP contribution in [0.1, 0.15) is 12.0 Å². The largest absolute Gasteiger partial charge is 0.346 e. The molecule has 0 N–H and O–H groups in total. The molecular weight excluding hydrogens is 264 g/mol. The number of amides is 1. The Morgan fingerprint density at radius 1 is 1.20 bits per heavy atom. The molecule has 0 saturated carbocycles. The fraction of sp³-hybridized carbons (Fsp3) is 0.333. The maximum absolute atomic E-state index is 14.1. The number of carbonyl (C=O) groups excluding carboxylic acids is 2. The van der Waals surface area contributed by atoms with Gasteiger partial charge in [0.05, 0.1) is 0 Å². The maximum Gasteiger partial charge on any atom is 0.346 e. The van der Waals surface area contributed by atoms with Crippen molar-refractivity contribution in [2.45, 2.75) is 18.9 Å². The Hall–Kier alpha value is -2.04. The molecule has 104 valence electrons. The minimum absolute atomic E-state index is 0.0729. The SMILES string of the molecule is O=C1C=C2C(C1)CN(Cc1ccccc1)C(=O)C2(F)F. The molecule has 1 saturated heterocycles. The van der Waals surface area contributed by atoms with Gasteiger partial charge in [-0.05, 0) is 11.6 Å². The molecule has 1 aliphatic carbocycles. The van der Waals surface area contributed by atoms with Crippen LogP contribution in [0.5, 0.6) is 0 Å². The number of hydrogen-bond donors (Lipinski definition) is 0. The number of carbonyl (C=O) groups is 2. The second-order valence-corrected chi connectivity index (χ2v) is 5.21. The Kier molecular flexibility index (Phi) is 2.92. The molecule has 0 aromatic heterocycles. The summed E-state index contributed by atoms with van der Waals surface area (Å²) >= 11 is 0. The molecule has 3 rings (SSSR count). The summed E-state index contributed by atoms with van der Waals surface area (Å²) in [5.74, 6) is -5.62. The van der Waals surface area contributed by atoms with Crippen molar-refractivity contribution in [3.8, 4) is 0 Å². The van der Waals surface area contributed by atoms with Crippen molar-refractivity contribution >= 4 is 11.7 Å². The van der Waals surface area contributed by atoms with Gasteiger partial charge < -0.3 is 4.90 Å². The first kappa shape index (κ1) is 13.0. The van der Waals surface area contributed by atoms with Crippen LogP contribution in [0.2, 0.25) is 0 Å². The van der Waals surface area contributed by atoms with Gasteiger partial charge in [0.25, 0.3) is 5.91 Å². The van der Waals surface area contributed by atoms with Gasteiger partial charge in [0, 0.05) is 31.0 Å². The van der Waals surface area contributed by atoms with Gasteiger partial charge in [-0.1, -0.05) is 30.3 Å². The predicted octanol–water partition coefficient (Wildman–Crippen LogP) is 2.18. The zero-order chi connectivity index (χ0) is 14.3. The number of fused-ring (bicyclic) bond motifs is 1. The van der Waals surface area contributed by atoms with Crippen LogP contribution in [0.15, 0.2) is 42.0 Å². The van der Waals surface area contributed by atoms with Gasteiger partial charge in [0.1, 0.15) is 0 Å². The van der Waals surface area contributed by atoms with E-state index >= 15 is 0 Å². The van der Waals surface area contributed by atoms with Gasteiger partial charge in [-0.15, -0.1) is 0 Å². The highest BCUT2D eigenvalue weighted by Crippen LogP contribution is 2.42. The monoisotopic (exact) mass is 277 g/mol. The quantitative estimate of drug-likeness (QED) is 0.831. The van der Waals surface area contributed by atoms with Crippen molar-refractivity contribution in [2.75, 3.05) is 6.54 Å². The van der Waals surface area contributed by atoms with E-state index in [1.165, 1.54) is 0 Å². The van der Waals surface area contributed by atoms with Gasteiger partial charge in [-0.25, -0.2) is 0 Å². The van der Waals surface area contributed by atoms with Crippen molar-refractivity contribution in [3.63, 3.8) is 0 Å². The predicted molar refractivity (Wildman–Crippen MR) is 68.0 cm³/mol. The number of hydrogen-bond acceptors (Lipinski definition) is 2. The molecule has 1 unspecified atom stereocenters. The van der Waals surface area contributed by atoms with Crippen LogP contribution in [0, 0.1) is 5.92 Å². The van der Waals surface area contributed by atoms with Crippen LogP contribution >= 0.6 is 0 Å². The van der Waals surface area contributed by atoms with Crippen molar-refractivity contribution in [1.82, 2.24) is 4.90 Å². The third-order valence-corrected chi connectivity index (χ3v) is 3.78. The Morgan fingerprint density at radius 2 is 1.90 bits per heavy atom. The Labute approximate surface area is 114 Å². The second-order valence-electron chi connectivity index (χ2n) is 5.21. The third-order valence-electron chi connectivity index (χ3n) is 3.78. The van der Waals surface area contributed by atoms with Crippen LogP contribution in [-0.4, -0.2) is 29.1 Å². The van der Waals surface area contributed by atoms with Crippen molar-refractivity contribution in [2.24, 2.45) is 5.92 Å². The van der Waals surface area contributed by atoms with E-state index in [9.17, 15) is 18.4 Å². The molecule has 1 heterocycles. The number of alkyl halides is 2. The molecule has 0 radical (unpaired) electrons. The van der Waals surface area contributed by atoms with E-state index in [1.807, 2.05) is 6.07 Å². The molecular formula is C15H13F2NO2. The van der Waals surface area contributed by atoms with Crippen LogP contribution in [0.4, 0.5) is 8.78 Å². The fourth-order valence-corrected chi connectivity index (χ4v) is 2.82. The summed E-state index contributed by atoms with van der Waals surface area (Å²) in [6.45, 7) is 0.328. The lowest BCUT2D eigenvalue weighted by atomic mass is 9.90. The zero-order valence-corrected chi connectivity index (χ0v) is 10.7. The number of benzene rings is 1. The summed E-state index contributed by atoms with van der Waals surface area (Å²) in [5, 5.41) is 0. The lowest BCUT2D eigenvalue weighted by Gasteiger charge is -2.36. The van der Waals surface area contributed by atoms with E-state index in [-0.39, 0.29) is 30.9 Å². The van der Waals surface area contributed by atoms with Crippen LogP contribution in [0.25, 0.3) is 0 Å². The first-order chi connectivity index (χ1) is 9.48. The van der Waals surface area contributed by atoms with Gasteiger partial charge in [-0.2, -0.15) is 8.78 Å². The van der Waals surface area contributed by atoms with E-state index in [0.29, 0.717) is 0 Å². The van der Waals surface area contributed by atoms with Gasteiger partial charge >= 0.3 is 5.92 Å². The Morgan fingerprint density at radius 3 is 2.60 bits per heavy atom. The maximum atomic E-state index is 14.1. The third kappa shape index (κ3) is 2.03. The molecule has 1 aliphatic heterocycles. The van der Waals surface area contributed by atoms with Gasteiger partial charge in [0.2, 0.25) is 0 Å². The Balaban J connectivity index is 1.87. The molecule has 5 heteroatoms. The number of allylic oxidation sites excluding steroid dienone is 1. The summed E-state index contributed by atoms with van der Waals surface area (Å²) < 4.78 is 28.1. The first-order valence-electron chi connectivity index (χ1n) is 6.44. The molecule has 0 bridgehead atoms. The van der Waals surface area contributed by atoms with E-state index < -0.39 is 17.7 Å². The normalized spacial score (nSPS) is 24.6. The lowest BCUT2D eigenvalue weighted by Crippen LogP contribution is -2.52. The molecule has 1 amide bonds. The molecule has 1 fully saturated rings. The van der Waals surface area contributed by atoms with Crippen LogP contribution < -0.4 is 0 Å². The van der Waals surface area contributed by atoms with Gasteiger partial charge in [0.15, 0.2) is 5.78 Å². The lowest BCUT2D eigenvalue weighted by molar-refractivity contribution is -0.158. The highest BCUT2D eigenvalue weighted by Gasteiger charge is 2.54. The topological polar surface area (TPSA) is 37.4 Å². The smallest absolute Gasteiger partial charge is 0.332 e. The number of halogens is 2. The van der Waals surface area contributed by atoms with Crippen LogP contribution in [-0.2, 0) is 16.1 Å². The number of likely N-dealkylation sites (tertiary alicyclic amines) is 1. The molecule has 3 nitrogen and oxygen atoms in total. The summed E-state index contributed by atoms with van der Waals surface area (Å²) in [7, 11) is 0. The van der Waals surface area contributed by atoms with E-state index in [2.05, 4.69) is 0 Å². The van der Waals surface area contributed by atoms with Gasteiger partial charge in [-0.3, -0.25) is 9.59 Å². The summed E-state index contributed by atoms with van der Waals surface area (Å²) in [6, 6.07) is 9.00. The first-order valence-corrected chi connectivity index (χ1v) is 6.44. The minimum atomic E-state index is -3.55. The number of piperidine rings is 1.